The van der Waals surface area contributed by atoms with Crippen LogP contribution in [0.5, 0.6) is 0 Å². The van der Waals surface area contributed by atoms with E-state index < -0.39 is 0 Å². The topological polar surface area (TPSA) is 9.23 Å². The van der Waals surface area contributed by atoms with E-state index in [0.717, 1.165) is 36.7 Å². The lowest BCUT2D eigenvalue weighted by molar-refractivity contribution is 0.108. The van der Waals surface area contributed by atoms with Crippen LogP contribution in [-0.4, -0.2) is 6.61 Å². The maximum Gasteiger partial charge on any atom is 0.0901 e. The Hall–Kier alpha value is -0.720. The standard InChI is InChI=1S/C21H36O/c1-3-5-7-18-8-12-20(13-9-18)21-14-10-19(11-15-21)17-22-16-6-4-2/h3,6,16,18-21H,1,4-5,7-15,17H2,2H3/b16-6-. The first-order valence-electron chi connectivity index (χ1n) is 9.71. The maximum absolute atomic E-state index is 5.66. The average molecular weight is 305 g/mol. The van der Waals surface area contributed by atoms with Crippen LogP contribution in [0, 0.1) is 23.7 Å². The lowest BCUT2D eigenvalue weighted by Crippen LogP contribution is -2.26. The van der Waals surface area contributed by atoms with Crippen LogP contribution >= 0.6 is 0 Å². The van der Waals surface area contributed by atoms with Gasteiger partial charge < -0.3 is 4.74 Å². The molecule has 0 radical (unpaired) electrons. The second kappa shape index (κ2) is 10.1. The van der Waals surface area contributed by atoms with Crippen LogP contribution in [0.4, 0.5) is 0 Å². The first kappa shape index (κ1) is 17.6. The summed E-state index contributed by atoms with van der Waals surface area (Å²) in [6.07, 6.45) is 21.4. The highest BCUT2D eigenvalue weighted by Crippen LogP contribution is 2.42. The molecule has 0 aromatic carbocycles. The molecule has 2 fully saturated rings. The molecule has 0 amide bonds. The molecule has 0 heterocycles. The van der Waals surface area contributed by atoms with Gasteiger partial charge >= 0.3 is 0 Å². The van der Waals surface area contributed by atoms with Crippen LogP contribution in [0.2, 0.25) is 0 Å². The predicted molar refractivity (Wildman–Crippen MR) is 95.7 cm³/mol. The van der Waals surface area contributed by atoms with E-state index in [1.807, 2.05) is 6.26 Å². The minimum Gasteiger partial charge on any atom is -0.501 e. The van der Waals surface area contributed by atoms with Crippen molar-refractivity contribution in [2.24, 2.45) is 23.7 Å². The zero-order chi connectivity index (χ0) is 15.6. The van der Waals surface area contributed by atoms with E-state index in [4.69, 9.17) is 4.74 Å². The molecule has 2 rings (SSSR count). The Bertz CT molecular complexity index is 317. The van der Waals surface area contributed by atoms with Gasteiger partial charge in [-0.1, -0.05) is 31.9 Å². The maximum atomic E-state index is 5.66. The Labute approximate surface area is 138 Å². The zero-order valence-electron chi connectivity index (χ0n) is 14.6. The van der Waals surface area contributed by atoms with Crippen LogP contribution < -0.4 is 0 Å². The van der Waals surface area contributed by atoms with Crippen molar-refractivity contribution in [1.29, 1.82) is 0 Å². The van der Waals surface area contributed by atoms with Gasteiger partial charge in [0.15, 0.2) is 0 Å². The monoisotopic (exact) mass is 304 g/mol. The summed E-state index contributed by atoms with van der Waals surface area (Å²) in [5.74, 6) is 3.84. The summed E-state index contributed by atoms with van der Waals surface area (Å²) in [5.41, 5.74) is 0. The van der Waals surface area contributed by atoms with Gasteiger partial charge in [0.05, 0.1) is 12.9 Å². The smallest absolute Gasteiger partial charge is 0.0901 e. The van der Waals surface area contributed by atoms with Crippen molar-refractivity contribution in [2.75, 3.05) is 6.61 Å². The molecule has 22 heavy (non-hydrogen) atoms. The quantitative estimate of drug-likeness (QED) is 0.367. The fourth-order valence-corrected chi connectivity index (χ4v) is 4.48. The Balaban J connectivity index is 1.61. The molecular formula is C21H36O. The van der Waals surface area contributed by atoms with E-state index in [1.165, 1.54) is 64.2 Å². The van der Waals surface area contributed by atoms with Crippen molar-refractivity contribution in [3.63, 3.8) is 0 Å². The van der Waals surface area contributed by atoms with Gasteiger partial charge in [0, 0.05) is 0 Å². The Morgan fingerprint density at radius 2 is 1.50 bits per heavy atom. The van der Waals surface area contributed by atoms with Crippen molar-refractivity contribution >= 4 is 0 Å². The van der Waals surface area contributed by atoms with E-state index in [1.54, 1.807) is 0 Å². The third kappa shape index (κ3) is 5.82. The van der Waals surface area contributed by atoms with Crippen LogP contribution in [-0.2, 0) is 4.74 Å². The molecule has 0 saturated heterocycles. The highest BCUT2D eigenvalue weighted by Gasteiger charge is 2.30. The summed E-state index contributed by atoms with van der Waals surface area (Å²) >= 11 is 0. The molecule has 0 bridgehead atoms. The molecule has 1 heteroatoms. The molecule has 2 aliphatic rings. The van der Waals surface area contributed by atoms with Crippen molar-refractivity contribution < 1.29 is 4.74 Å². The van der Waals surface area contributed by atoms with Gasteiger partial charge in [-0.3, -0.25) is 0 Å². The lowest BCUT2D eigenvalue weighted by Gasteiger charge is -2.37. The highest BCUT2D eigenvalue weighted by atomic mass is 16.5. The minimum atomic E-state index is 0.807. The summed E-state index contributed by atoms with van der Waals surface area (Å²) in [6.45, 7) is 6.95. The van der Waals surface area contributed by atoms with Gasteiger partial charge in [-0.05, 0) is 81.5 Å². The molecule has 0 aliphatic heterocycles. The Morgan fingerprint density at radius 1 is 0.909 bits per heavy atom. The van der Waals surface area contributed by atoms with Crippen molar-refractivity contribution in [3.05, 3.63) is 25.0 Å². The fourth-order valence-electron chi connectivity index (χ4n) is 4.48. The van der Waals surface area contributed by atoms with Crippen molar-refractivity contribution in [2.45, 2.75) is 77.6 Å². The lowest BCUT2D eigenvalue weighted by atomic mass is 9.69. The zero-order valence-corrected chi connectivity index (χ0v) is 14.6. The van der Waals surface area contributed by atoms with E-state index in [2.05, 4.69) is 25.7 Å². The highest BCUT2D eigenvalue weighted by molar-refractivity contribution is 4.83. The molecular weight excluding hydrogens is 268 g/mol. The van der Waals surface area contributed by atoms with Gasteiger partial charge in [0.1, 0.15) is 0 Å². The van der Waals surface area contributed by atoms with E-state index in [-0.39, 0.29) is 0 Å². The molecule has 0 unspecified atom stereocenters. The summed E-state index contributed by atoms with van der Waals surface area (Å²) in [6, 6.07) is 0. The van der Waals surface area contributed by atoms with E-state index in [9.17, 15) is 0 Å². The SMILES string of the molecule is C=CCCC1CCC(C2CCC(CO/C=C\CC)CC2)CC1. The third-order valence-corrected chi connectivity index (χ3v) is 5.99. The van der Waals surface area contributed by atoms with Crippen LogP contribution in [0.3, 0.4) is 0 Å². The first-order chi connectivity index (χ1) is 10.8. The van der Waals surface area contributed by atoms with Gasteiger partial charge in [-0.15, -0.1) is 6.58 Å². The Kier molecular flexibility index (Phi) is 8.12. The largest absolute Gasteiger partial charge is 0.501 e. The number of rotatable bonds is 8. The molecule has 2 aliphatic carbocycles. The normalized spacial score (nSPS) is 33.0. The molecule has 0 atom stereocenters. The van der Waals surface area contributed by atoms with Gasteiger partial charge in [0.25, 0.3) is 0 Å². The fraction of sp³-hybridized carbons (Fsp3) is 0.810. The van der Waals surface area contributed by atoms with Crippen molar-refractivity contribution in [1.82, 2.24) is 0 Å². The van der Waals surface area contributed by atoms with E-state index >= 15 is 0 Å². The summed E-state index contributed by atoms with van der Waals surface area (Å²) < 4.78 is 5.66. The van der Waals surface area contributed by atoms with Gasteiger partial charge in [-0.2, -0.15) is 0 Å². The molecule has 126 valence electrons. The molecule has 1 nitrogen and oxygen atoms in total. The van der Waals surface area contributed by atoms with Crippen LogP contribution in [0.1, 0.15) is 77.6 Å². The summed E-state index contributed by atoms with van der Waals surface area (Å²) in [7, 11) is 0. The van der Waals surface area contributed by atoms with Crippen LogP contribution in [0.25, 0.3) is 0 Å². The van der Waals surface area contributed by atoms with Crippen molar-refractivity contribution in [3.8, 4) is 0 Å². The first-order valence-corrected chi connectivity index (χ1v) is 9.71. The average Bonchev–Trinajstić information content (AvgIpc) is 2.58. The number of hydrogen-bond donors (Lipinski definition) is 0. The second-order valence-corrected chi connectivity index (χ2v) is 7.54. The molecule has 0 spiro atoms. The number of hydrogen-bond acceptors (Lipinski definition) is 1. The number of ether oxygens (including phenoxy) is 1. The van der Waals surface area contributed by atoms with Gasteiger partial charge in [-0.25, -0.2) is 0 Å². The number of allylic oxidation sites excluding steroid dienone is 2. The summed E-state index contributed by atoms with van der Waals surface area (Å²) in [5, 5.41) is 0. The predicted octanol–water partition coefficient (Wildman–Crippen LogP) is 6.51. The molecule has 0 aromatic rings. The van der Waals surface area contributed by atoms with E-state index in [0.29, 0.717) is 0 Å². The van der Waals surface area contributed by atoms with Gasteiger partial charge in [0.2, 0.25) is 0 Å². The summed E-state index contributed by atoms with van der Waals surface area (Å²) in [4.78, 5) is 0. The molecule has 2 saturated carbocycles. The van der Waals surface area contributed by atoms with Crippen LogP contribution in [0.15, 0.2) is 25.0 Å². The third-order valence-electron chi connectivity index (χ3n) is 5.99. The second-order valence-electron chi connectivity index (χ2n) is 7.54. The Morgan fingerprint density at radius 3 is 2.05 bits per heavy atom. The molecule has 0 aromatic heterocycles. The molecule has 0 N–H and O–H groups in total. The minimum absolute atomic E-state index is 0.807.